The maximum absolute atomic E-state index is 12.8. The number of carbonyl (C=O) groups is 1. The third kappa shape index (κ3) is 6.03. The SMILES string of the molecule is CCN(CC)C(=O)CCc1nc(CN2CCN(S(=O)(=O)c3ccc(Cl)cc3)CC2)no1. The number of piperazine rings is 1. The minimum Gasteiger partial charge on any atom is -0.343 e. The molecule has 2 aromatic rings. The lowest BCUT2D eigenvalue weighted by molar-refractivity contribution is -0.130. The molecule has 1 amide bonds. The third-order valence-corrected chi connectivity index (χ3v) is 7.49. The van der Waals surface area contributed by atoms with E-state index in [1.165, 1.54) is 16.4 Å². The molecule has 1 fully saturated rings. The number of rotatable bonds is 9. The number of amides is 1. The summed E-state index contributed by atoms with van der Waals surface area (Å²) in [4.78, 5) is 20.6. The summed E-state index contributed by atoms with van der Waals surface area (Å²) in [5, 5.41) is 4.50. The van der Waals surface area contributed by atoms with Crippen molar-refractivity contribution in [2.45, 2.75) is 38.1 Å². The lowest BCUT2D eigenvalue weighted by atomic mass is 10.2. The molecule has 1 saturated heterocycles. The zero-order valence-corrected chi connectivity index (χ0v) is 19.4. The zero-order chi connectivity index (χ0) is 22.4. The highest BCUT2D eigenvalue weighted by Crippen LogP contribution is 2.20. The molecule has 9 nitrogen and oxygen atoms in total. The van der Waals surface area contributed by atoms with Crippen LogP contribution in [0.25, 0.3) is 0 Å². The van der Waals surface area contributed by atoms with Crippen LogP contribution in [0.5, 0.6) is 0 Å². The van der Waals surface area contributed by atoms with Crippen molar-refractivity contribution in [3.05, 3.63) is 41.0 Å². The number of hydrogen-bond acceptors (Lipinski definition) is 7. The molecular formula is C20H28ClN5O4S. The molecule has 2 heterocycles. The number of nitrogens with zero attached hydrogens (tertiary/aromatic N) is 5. The Morgan fingerprint density at radius 1 is 1.13 bits per heavy atom. The van der Waals surface area contributed by atoms with E-state index in [1.807, 2.05) is 13.8 Å². The maximum atomic E-state index is 12.8. The summed E-state index contributed by atoms with van der Waals surface area (Å²) in [6, 6.07) is 6.20. The molecular weight excluding hydrogens is 442 g/mol. The van der Waals surface area contributed by atoms with Gasteiger partial charge in [-0.2, -0.15) is 9.29 Å². The van der Waals surface area contributed by atoms with Gasteiger partial charge >= 0.3 is 0 Å². The molecule has 1 aromatic carbocycles. The van der Waals surface area contributed by atoms with Crippen LogP contribution in [0, 0.1) is 0 Å². The van der Waals surface area contributed by atoms with Crippen LogP contribution >= 0.6 is 11.6 Å². The minimum atomic E-state index is -3.54. The molecule has 0 saturated carbocycles. The summed E-state index contributed by atoms with van der Waals surface area (Å²) in [7, 11) is -3.54. The molecule has 0 unspecified atom stereocenters. The molecule has 3 rings (SSSR count). The van der Waals surface area contributed by atoms with Crippen LogP contribution in [-0.4, -0.2) is 77.8 Å². The van der Waals surface area contributed by atoms with E-state index in [0.717, 1.165) is 0 Å². The molecule has 0 radical (unpaired) electrons. The lowest BCUT2D eigenvalue weighted by Gasteiger charge is -2.33. The Balaban J connectivity index is 1.49. The summed E-state index contributed by atoms with van der Waals surface area (Å²) >= 11 is 5.85. The first-order valence-electron chi connectivity index (χ1n) is 10.4. The Morgan fingerprint density at radius 3 is 2.39 bits per heavy atom. The number of halogens is 1. The van der Waals surface area contributed by atoms with E-state index in [2.05, 4.69) is 15.0 Å². The number of carbonyl (C=O) groups excluding carboxylic acids is 1. The molecule has 31 heavy (non-hydrogen) atoms. The molecule has 0 bridgehead atoms. The second-order valence-corrected chi connectivity index (χ2v) is 9.68. The fraction of sp³-hybridized carbons (Fsp3) is 0.550. The quantitative estimate of drug-likeness (QED) is 0.553. The van der Waals surface area contributed by atoms with Crippen LogP contribution in [-0.2, 0) is 27.8 Å². The topological polar surface area (TPSA) is 99.9 Å². The monoisotopic (exact) mass is 469 g/mol. The average Bonchev–Trinajstić information content (AvgIpc) is 3.21. The summed E-state index contributed by atoms with van der Waals surface area (Å²) in [6.45, 7) is 7.65. The van der Waals surface area contributed by atoms with Crippen LogP contribution in [0.4, 0.5) is 0 Å². The number of aryl methyl sites for hydroxylation is 1. The van der Waals surface area contributed by atoms with Crippen LogP contribution in [0.1, 0.15) is 32.0 Å². The standard InChI is InChI=1S/C20H28ClN5O4S/c1-3-25(4-2)20(27)10-9-19-22-18(23-30-19)15-24-11-13-26(14-12-24)31(28,29)17-7-5-16(21)6-8-17/h5-8H,3-4,9-15H2,1-2H3. The van der Waals surface area contributed by atoms with Crippen molar-refractivity contribution in [1.82, 2.24) is 24.2 Å². The molecule has 0 aliphatic carbocycles. The molecule has 0 N–H and O–H groups in total. The Bertz CT molecular complexity index is 968. The first kappa shape index (κ1) is 23.6. The van der Waals surface area contributed by atoms with Crippen LogP contribution in [0.15, 0.2) is 33.7 Å². The fourth-order valence-electron chi connectivity index (χ4n) is 3.49. The van der Waals surface area contributed by atoms with E-state index >= 15 is 0 Å². The summed E-state index contributed by atoms with van der Waals surface area (Å²) < 4.78 is 32.3. The molecule has 170 valence electrons. The largest absolute Gasteiger partial charge is 0.343 e. The Labute approximate surface area is 188 Å². The van der Waals surface area contributed by atoms with Gasteiger partial charge in [-0.15, -0.1) is 0 Å². The Kier molecular flexibility index (Phi) is 8.04. The highest BCUT2D eigenvalue weighted by Gasteiger charge is 2.29. The van der Waals surface area contributed by atoms with E-state index in [1.54, 1.807) is 17.0 Å². The molecule has 1 aromatic heterocycles. The first-order chi connectivity index (χ1) is 14.8. The van der Waals surface area contributed by atoms with E-state index in [4.69, 9.17) is 16.1 Å². The van der Waals surface area contributed by atoms with Gasteiger partial charge in [-0.25, -0.2) is 8.42 Å². The van der Waals surface area contributed by atoms with Gasteiger partial charge in [-0.1, -0.05) is 16.8 Å². The number of benzene rings is 1. The zero-order valence-electron chi connectivity index (χ0n) is 17.8. The Morgan fingerprint density at radius 2 is 1.77 bits per heavy atom. The van der Waals surface area contributed by atoms with Crippen LogP contribution < -0.4 is 0 Å². The van der Waals surface area contributed by atoms with Crippen molar-refractivity contribution in [2.24, 2.45) is 0 Å². The molecule has 0 spiro atoms. The van der Waals surface area contributed by atoms with Gasteiger partial charge in [-0.05, 0) is 38.1 Å². The average molecular weight is 470 g/mol. The molecule has 1 aliphatic rings. The van der Waals surface area contributed by atoms with Crippen molar-refractivity contribution < 1.29 is 17.7 Å². The summed E-state index contributed by atoms with van der Waals surface area (Å²) in [6.07, 6.45) is 0.750. The summed E-state index contributed by atoms with van der Waals surface area (Å²) in [5.74, 6) is 1.06. The predicted molar refractivity (Wildman–Crippen MR) is 116 cm³/mol. The van der Waals surface area contributed by atoms with Crippen LogP contribution in [0.3, 0.4) is 0 Å². The highest BCUT2D eigenvalue weighted by molar-refractivity contribution is 7.89. The first-order valence-corrected chi connectivity index (χ1v) is 12.2. The van der Waals surface area contributed by atoms with Gasteiger partial charge in [0.2, 0.25) is 21.8 Å². The second kappa shape index (κ2) is 10.5. The van der Waals surface area contributed by atoms with E-state index in [0.29, 0.717) is 75.4 Å². The third-order valence-electron chi connectivity index (χ3n) is 5.33. The van der Waals surface area contributed by atoms with Crippen molar-refractivity contribution in [3.63, 3.8) is 0 Å². The van der Waals surface area contributed by atoms with Crippen molar-refractivity contribution >= 4 is 27.5 Å². The van der Waals surface area contributed by atoms with Gasteiger partial charge in [-0.3, -0.25) is 9.69 Å². The second-order valence-electron chi connectivity index (χ2n) is 7.30. The van der Waals surface area contributed by atoms with E-state index < -0.39 is 10.0 Å². The smallest absolute Gasteiger partial charge is 0.243 e. The van der Waals surface area contributed by atoms with Gasteiger partial charge in [0.1, 0.15) is 0 Å². The number of sulfonamides is 1. The van der Waals surface area contributed by atoms with Crippen molar-refractivity contribution in [3.8, 4) is 0 Å². The van der Waals surface area contributed by atoms with Gasteiger partial charge in [0.15, 0.2) is 5.82 Å². The number of aromatic nitrogens is 2. The minimum absolute atomic E-state index is 0.0720. The maximum Gasteiger partial charge on any atom is 0.243 e. The Hall–Kier alpha value is -2.01. The van der Waals surface area contributed by atoms with Gasteiger partial charge in [0.05, 0.1) is 11.4 Å². The van der Waals surface area contributed by atoms with Crippen LogP contribution in [0.2, 0.25) is 5.02 Å². The van der Waals surface area contributed by atoms with Gasteiger partial charge < -0.3 is 9.42 Å². The van der Waals surface area contributed by atoms with Crippen molar-refractivity contribution in [2.75, 3.05) is 39.3 Å². The lowest BCUT2D eigenvalue weighted by Crippen LogP contribution is -2.48. The molecule has 1 aliphatic heterocycles. The van der Waals surface area contributed by atoms with Crippen molar-refractivity contribution in [1.29, 1.82) is 0 Å². The molecule has 11 heteroatoms. The predicted octanol–water partition coefficient (Wildman–Crippen LogP) is 2.03. The normalized spacial score (nSPS) is 15.8. The van der Waals surface area contributed by atoms with Gasteiger partial charge in [0.25, 0.3) is 0 Å². The fourth-order valence-corrected chi connectivity index (χ4v) is 5.04. The highest BCUT2D eigenvalue weighted by atomic mass is 35.5. The van der Waals surface area contributed by atoms with Gasteiger partial charge in [0, 0.05) is 57.1 Å². The van der Waals surface area contributed by atoms with E-state index in [-0.39, 0.29) is 10.8 Å². The summed E-state index contributed by atoms with van der Waals surface area (Å²) in [5.41, 5.74) is 0. The van der Waals surface area contributed by atoms with E-state index in [9.17, 15) is 13.2 Å². The molecule has 0 atom stereocenters. The number of hydrogen-bond donors (Lipinski definition) is 0.